The van der Waals surface area contributed by atoms with Gasteiger partial charge in [0.05, 0.1) is 5.69 Å². The maximum Gasteiger partial charge on any atom is 0.0708 e. The summed E-state index contributed by atoms with van der Waals surface area (Å²) in [5.74, 6) is 1.49. The Morgan fingerprint density at radius 3 is 2.94 bits per heavy atom. The van der Waals surface area contributed by atoms with Crippen LogP contribution in [-0.4, -0.2) is 0 Å². The zero-order valence-electron chi connectivity index (χ0n) is 11.4. The van der Waals surface area contributed by atoms with Crippen LogP contribution in [0.25, 0.3) is 5.57 Å². The Bertz CT molecular complexity index is 472. The number of nitrogens with zero attached hydrogens (tertiary/aromatic N) is 1. The van der Waals surface area contributed by atoms with E-state index < -0.39 is 0 Å². The molecule has 95 valence electrons. The van der Waals surface area contributed by atoms with Gasteiger partial charge in [-0.1, -0.05) is 44.9 Å². The molecule has 1 radical (unpaired) electrons. The van der Waals surface area contributed by atoms with Crippen LogP contribution in [0.5, 0.6) is 0 Å². The lowest BCUT2D eigenvalue weighted by Crippen LogP contribution is -2.21. The molecule has 3 rings (SSSR count). The molecule has 0 saturated heterocycles. The molecule has 0 saturated carbocycles. The number of para-hydroxylation sites is 1. The fourth-order valence-corrected chi connectivity index (χ4v) is 3.42. The third kappa shape index (κ3) is 1.86. The maximum atomic E-state index is 4.94. The van der Waals surface area contributed by atoms with Gasteiger partial charge in [-0.15, -0.1) is 0 Å². The van der Waals surface area contributed by atoms with Crippen LogP contribution in [0.3, 0.4) is 0 Å². The Morgan fingerprint density at radius 1 is 1.28 bits per heavy atom. The van der Waals surface area contributed by atoms with E-state index in [2.05, 4.69) is 38.1 Å². The lowest BCUT2D eigenvalue weighted by Gasteiger charge is -2.30. The van der Waals surface area contributed by atoms with Gasteiger partial charge in [0.15, 0.2) is 0 Å². The van der Waals surface area contributed by atoms with Crippen molar-refractivity contribution >= 4 is 11.3 Å². The van der Waals surface area contributed by atoms with Gasteiger partial charge in [0.2, 0.25) is 0 Å². The average Bonchev–Trinajstić information content (AvgIpc) is 2.76. The summed E-state index contributed by atoms with van der Waals surface area (Å²) < 4.78 is 0. The highest BCUT2D eigenvalue weighted by atomic mass is 14.9. The number of unbranched alkanes of at least 4 members (excludes halogenated alkanes) is 1. The molecule has 2 aliphatic rings. The predicted molar refractivity (Wildman–Crippen MR) is 76.6 cm³/mol. The molecule has 1 aliphatic heterocycles. The summed E-state index contributed by atoms with van der Waals surface area (Å²) in [7, 11) is 0. The first kappa shape index (κ1) is 11.8. The van der Waals surface area contributed by atoms with Crippen LogP contribution in [-0.2, 0) is 0 Å². The number of allylic oxidation sites excluding steroid dienone is 2. The standard InChI is InChI=1S/C17H22N/c1-3-4-7-13-12(2)10-11-15-14-8-5-6-9-16(14)18-17(13)15/h5-6,8-9,12-13H,3-4,7,10-11H2,1-2H3. The highest BCUT2D eigenvalue weighted by molar-refractivity contribution is 5.82. The number of hydrogen-bond donors (Lipinski definition) is 0. The number of hydrogen-bond acceptors (Lipinski definition) is 0. The second-order valence-corrected chi connectivity index (χ2v) is 5.76. The average molecular weight is 240 g/mol. The first-order valence-corrected chi connectivity index (χ1v) is 7.35. The normalized spacial score (nSPS) is 25.7. The maximum absolute atomic E-state index is 4.94. The highest BCUT2D eigenvalue weighted by Gasteiger charge is 2.34. The minimum absolute atomic E-state index is 0.695. The van der Waals surface area contributed by atoms with Crippen LogP contribution in [0.4, 0.5) is 5.69 Å². The van der Waals surface area contributed by atoms with Crippen LogP contribution < -0.4 is 5.32 Å². The quantitative estimate of drug-likeness (QED) is 0.714. The molecule has 0 N–H and O–H groups in total. The van der Waals surface area contributed by atoms with E-state index in [1.165, 1.54) is 49.1 Å². The zero-order chi connectivity index (χ0) is 12.5. The zero-order valence-corrected chi connectivity index (χ0v) is 11.4. The first-order valence-electron chi connectivity index (χ1n) is 7.35. The van der Waals surface area contributed by atoms with Crippen molar-refractivity contribution in [1.29, 1.82) is 0 Å². The Balaban J connectivity index is 1.92. The third-order valence-corrected chi connectivity index (χ3v) is 4.54. The number of benzene rings is 1. The predicted octanol–water partition coefficient (Wildman–Crippen LogP) is 4.88. The molecule has 0 bridgehead atoms. The lowest BCUT2D eigenvalue weighted by molar-refractivity contribution is 0.336. The molecule has 0 spiro atoms. The van der Waals surface area contributed by atoms with Crippen LogP contribution in [0, 0.1) is 11.8 Å². The number of fused-ring (bicyclic) bond motifs is 2. The summed E-state index contributed by atoms with van der Waals surface area (Å²) in [4.78, 5) is 0. The Hall–Kier alpha value is -1.24. The molecule has 0 fully saturated rings. The summed E-state index contributed by atoms with van der Waals surface area (Å²) in [6, 6.07) is 8.65. The molecule has 1 aliphatic carbocycles. The van der Waals surface area contributed by atoms with Crippen LogP contribution in [0.1, 0.15) is 51.5 Å². The molecule has 0 amide bonds. The molecule has 2 unspecified atom stereocenters. The monoisotopic (exact) mass is 240 g/mol. The van der Waals surface area contributed by atoms with Crippen LogP contribution in [0.2, 0.25) is 0 Å². The molecule has 1 aromatic rings. The smallest absolute Gasteiger partial charge is 0.0708 e. The van der Waals surface area contributed by atoms with E-state index >= 15 is 0 Å². The lowest BCUT2D eigenvalue weighted by atomic mass is 9.76. The summed E-state index contributed by atoms with van der Waals surface area (Å²) >= 11 is 0. The Morgan fingerprint density at radius 2 is 2.11 bits per heavy atom. The molecule has 1 heterocycles. The van der Waals surface area contributed by atoms with Gasteiger partial charge in [-0.3, -0.25) is 5.32 Å². The van der Waals surface area contributed by atoms with E-state index in [4.69, 9.17) is 5.32 Å². The fraction of sp³-hybridized carbons (Fsp3) is 0.529. The van der Waals surface area contributed by atoms with E-state index in [1.807, 2.05) is 0 Å². The van der Waals surface area contributed by atoms with E-state index in [9.17, 15) is 0 Å². The molecular formula is C17H22N. The van der Waals surface area contributed by atoms with Crippen molar-refractivity contribution in [2.45, 2.75) is 46.0 Å². The van der Waals surface area contributed by atoms with Gasteiger partial charge in [0.1, 0.15) is 0 Å². The SMILES string of the molecule is CCCCC1C2=C(CCC1C)c1ccccc1[N]2. The van der Waals surface area contributed by atoms with Crippen molar-refractivity contribution < 1.29 is 0 Å². The van der Waals surface area contributed by atoms with E-state index in [1.54, 1.807) is 5.57 Å². The minimum Gasteiger partial charge on any atom is -0.252 e. The van der Waals surface area contributed by atoms with Crippen molar-refractivity contribution in [3.8, 4) is 0 Å². The second-order valence-electron chi connectivity index (χ2n) is 5.76. The second kappa shape index (κ2) is 4.79. The third-order valence-electron chi connectivity index (χ3n) is 4.54. The first-order chi connectivity index (χ1) is 8.81. The van der Waals surface area contributed by atoms with Crippen molar-refractivity contribution in [2.75, 3.05) is 0 Å². The van der Waals surface area contributed by atoms with Crippen molar-refractivity contribution in [2.24, 2.45) is 11.8 Å². The van der Waals surface area contributed by atoms with Gasteiger partial charge in [-0.05, 0) is 36.8 Å². The largest absolute Gasteiger partial charge is 0.252 e. The molecule has 1 heteroatoms. The summed E-state index contributed by atoms with van der Waals surface area (Å²) in [6.45, 7) is 4.69. The highest BCUT2D eigenvalue weighted by Crippen LogP contribution is 2.47. The van der Waals surface area contributed by atoms with Gasteiger partial charge in [0, 0.05) is 17.2 Å². The fourth-order valence-electron chi connectivity index (χ4n) is 3.42. The van der Waals surface area contributed by atoms with Crippen molar-refractivity contribution in [1.82, 2.24) is 5.32 Å². The van der Waals surface area contributed by atoms with Gasteiger partial charge in [0.25, 0.3) is 0 Å². The summed E-state index contributed by atoms with van der Waals surface area (Å²) in [6.07, 6.45) is 6.49. The Labute approximate surface area is 110 Å². The minimum atomic E-state index is 0.695. The molecular weight excluding hydrogens is 218 g/mol. The molecule has 18 heavy (non-hydrogen) atoms. The van der Waals surface area contributed by atoms with Gasteiger partial charge in [-0.25, -0.2) is 0 Å². The van der Waals surface area contributed by atoms with E-state index in [0.29, 0.717) is 5.92 Å². The van der Waals surface area contributed by atoms with E-state index in [-0.39, 0.29) is 0 Å². The van der Waals surface area contributed by atoms with Crippen molar-refractivity contribution in [3.63, 3.8) is 0 Å². The molecule has 0 aromatic heterocycles. The van der Waals surface area contributed by atoms with Crippen LogP contribution in [0.15, 0.2) is 30.0 Å². The van der Waals surface area contributed by atoms with Gasteiger partial charge >= 0.3 is 0 Å². The molecule has 1 nitrogen and oxygen atoms in total. The molecule has 1 aromatic carbocycles. The van der Waals surface area contributed by atoms with Crippen LogP contribution >= 0.6 is 0 Å². The molecule has 2 atom stereocenters. The summed E-state index contributed by atoms with van der Waals surface area (Å²) in [5.41, 5.74) is 5.58. The van der Waals surface area contributed by atoms with E-state index in [0.717, 1.165) is 5.92 Å². The van der Waals surface area contributed by atoms with Crippen molar-refractivity contribution in [3.05, 3.63) is 35.5 Å². The van der Waals surface area contributed by atoms with Gasteiger partial charge < -0.3 is 0 Å². The number of rotatable bonds is 3. The topological polar surface area (TPSA) is 14.1 Å². The summed E-state index contributed by atoms with van der Waals surface area (Å²) in [5, 5.41) is 4.94. The Kier molecular flexibility index (Phi) is 3.15. The van der Waals surface area contributed by atoms with Gasteiger partial charge in [-0.2, -0.15) is 0 Å².